The van der Waals surface area contributed by atoms with E-state index < -0.39 is 0 Å². The van der Waals surface area contributed by atoms with E-state index in [4.69, 9.17) is 9.47 Å². The van der Waals surface area contributed by atoms with Gasteiger partial charge in [-0.05, 0) is 68.5 Å². The van der Waals surface area contributed by atoms with Gasteiger partial charge in [0.05, 0.1) is 19.0 Å². The number of aromatic amines is 1. The van der Waals surface area contributed by atoms with Crippen molar-refractivity contribution in [3.05, 3.63) is 59.9 Å². The highest BCUT2D eigenvalue weighted by atomic mass is 16.5. The molecule has 0 fully saturated rings. The molecule has 0 atom stereocenters. The number of amides is 1. The number of hydrogen-bond acceptors (Lipinski definition) is 6. The third-order valence-corrected chi connectivity index (χ3v) is 5.29. The fourth-order valence-corrected chi connectivity index (χ4v) is 3.46. The minimum absolute atomic E-state index is 0.0678. The van der Waals surface area contributed by atoms with Crippen molar-refractivity contribution in [3.8, 4) is 22.6 Å². The average Bonchev–Trinajstić information content (AvgIpc) is 3.34. The minimum Gasteiger partial charge on any atom is -0.497 e. The number of hydrogen-bond donors (Lipinski definition) is 3. The first-order chi connectivity index (χ1) is 16.0. The fourth-order valence-electron chi connectivity index (χ4n) is 3.46. The molecule has 0 saturated heterocycles. The van der Waals surface area contributed by atoms with Crippen molar-refractivity contribution in [2.45, 2.75) is 19.4 Å². The van der Waals surface area contributed by atoms with E-state index >= 15 is 0 Å². The quantitative estimate of drug-likeness (QED) is 0.391. The zero-order valence-corrected chi connectivity index (χ0v) is 19.8. The molecule has 3 N–H and O–H groups in total. The smallest absolute Gasteiger partial charge is 0.224 e. The number of likely N-dealkylation sites (N-methyl/N-ethyl adjacent to an activating group) is 1. The molecule has 0 aliphatic rings. The summed E-state index contributed by atoms with van der Waals surface area (Å²) >= 11 is 0. The summed E-state index contributed by atoms with van der Waals surface area (Å²) < 4.78 is 11.4. The number of aromatic nitrogens is 2. The van der Waals surface area contributed by atoms with E-state index in [-0.39, 0.29) is 5.91 Å². The van der Waals surface area contributed by atoms with Crippen molar-refractivity contribution in [2.24, 2.45) is 0 Å². The summed E-state index contributed by atoms with van der Waals surface area (Å²) in [7, 11) is 7.55. The van der Waals surface area contributed by atoms with Crippen LogP contribution in [0.2, 0.25) is 0 Å². The number of H-pyrrole nitrogens is 1. The number of nitrogens with zero attached hydrogens (tertiary/aromatic N) is 2. The molecule has 3 rings (SSSR count). The van der Waals surface area contributed by atoms with Gasteiger partial charge in [-0.1, -0.05) is 12.1 Å². The summed E-state index contributed by atoms with van der Waals surface area (Å²) in [5.41, 5.74) is 4.84. The van der Waals surface area contributed by atoms with Gasteiger partial charge >= 0.3 is 0 Å². The van der Waals surface area contributed by atoms with Crippen molar-refractivity contribution < 1.29 is 14.3 Å². The van der Waals surface area contributed by atoms with E-state index in [0.717, 1.165) is 41.1 Å². The summed E-state index contributed by atoms with van der Waals surface area (Å²) in [6, 6.07) is 11.7. The lowest BCUT2D eigenvalue weighted by atomic mass is 10.0. The number of methoxy groups -OCH3 is 1. The first-order valence-electron chi connectivity index (χ1n) is 11.0. The first-order valence-corrected chi connectivity index (χ1v) is 11.0. The van der Waals surface area contributed by atoms with Crippen LogP contribution < -0.4 is 20.1 Å². The molecule has 0 bridgehead atoms. The second kappa shape index (κ2) is 12.0. The van der Waals surface area contributed by atoms with Gasteiger partial charge in [0.2, 0.25) is 5.91 Å². The summed E-state index contributed by atoms with van der Waals surface area (Å²) in [6.45, 7) is 2.02. The molecule has 1 aromatic heterocycles. The van der Waals surface area contributed by atoms with E-state index in [1.165, 1.54) is 0 Å². The number of ether oxygens (including phenoxy) is 2. The van der Waals surface area contributed by atoms with Crippen molar-refractivity contribution in [1.82, 2.24) is 20.4 Å². The Kier molecular flexibility index (Phi) is 8.86. The highest BCUT2D eigenvalue weighted by molar-refractivity contribution is 5.93. The van der Waals surface area contributed by atoms with Gasteiger partial charge in [0.1, 0.15) is 18.1 Å². The largest absolute Gasteiger partial charge is 0.497 e. The summed E-state index contributed by atoms with van der Waals surface area (Å²) in [5.74, 6) is 1.36. The molecule has 0 spiro atoms. The van der Waals surface area contributed by atoms with Crippen LogP contribution in [0.4, 0.5) is 5.69 Å². The Balaban J connectivity index is 1.71. The highest BCUT2D eigenvalue weighted by Gasteiger charge is 2.13. The van der Waals surface area contributed by atoms with Crippen LogP contribution in [0.15, 0.2) is 48.8 Å². The van der Waals surface area contributed by atoms with Gasteiger partial charge in [0.25, 0.3) is 0 Å². The minimum atomic E-state index is -0.0678. The lowest BCUT2D eigenvalue weighted by molar-refractivity contribution is -0.116. The van der Waals surface area contributed by atoms with Crippen molar-refractivity contribution in [3.63, 3.8) is 0 Å². The lowest BCUT2D eigenvalue weighted by Gasteiger charge is -2.16. The second-order valence-electron chi connectivity index (χ2n) is 8.06. The van der Waals surface area contributed by atoms with E-state index in [1.54, 1.807) is 13.3 Å². The van der Waals surface area contributed by atoms with Crippen LogP contribution in [-0.4, -0.2) is 62.4 Å². The first kappa shape index (κ1) is 24.3. The van der Waals surface area contributed by atoms with Crippen molar-refractivity contribution >= 4 is 11.6 Å². The van der Waals surface area contributed by atoms with Crippen LogP contribution in [0.1, 0.15) is 17.5 Å². The van der Waals surface area contributed by atoms with Gasteiger partial charge in [0.15, 0.2) is 0 Å². The number of rotatable bonds is 12. The molecule has 8 nitrogen and oxygen atoms in total. The Morgan fingerprint density at radius 2 is 1.97 bits per heavy atom. The molecular weight excluding hydrogens is 418 g/mol. The molecule has 176 valence electrons. The zero-order chi connectivity index (χ0) is 23.6. The van der Waals surface area contributed by atoms with Crippen LogP contribution in [0, 0.1) is 0 Å². The predicted molar refractivity (Wildman–Crippen MR) is 131 cm³/mol. The van der Waals surface area contributed by atoms with Crippen LogP contribution in [0.3, 0.4) is 0 Å². The normalized spacial score (nSPS) is 10.9. The molecule has 2 aromatic carbocycles. The Hall–Kier alpha value is -3.36. The maximum Gasteiger partial charge on any atom is 0.224 e. The maximum atomic E-state index is 12.8. The van der Waals surface area contributed by atoms with Gasteiger partial charge in [-0.3, -0.25) is 9.89 Å². The summed E-state index contributed by atoms with van der Waals surface area (Å²) in [5, 5.41) is 13.0. The predicted octanol–water partition coefficient (Wildman–Crippen LogP) is 3.32. The molecular formula is C25H33N5O3. The number of nitrogens with one attached hydrogen (secondary N) is 3. The third kappa shape index (κ3) is 7.06. The second-order valence-corrected chi connectivity index (χ2v) is 8.06. The average molecular weight is 452 g/mol. The molecule has 33 heavy (non-hydrogen) atoms. The van der Waals surface area contributed by atoms with Gasteiger partial charge in [-0.2, -0.15) is 5.10 Å². The van der Waals surface area contributed by atoms with Crippen molar-refractivity contribution in [2.75, 3.05) is 46.7 Å². The van der Waals surface area contributed by atoms with Crippen LogP contribution in [-0.2, 0) is 17.8 Å². The number of aryl methyl sites for hydroxylation is 1. The fraction of sp³-hybridized carbons (Fsp3) is 0.360. The maximum absolute atomic E-state index is 12.8. The standard InChI is InChI=1S/C25H33N5O3/c1-26-15-20-5-8-22(32-4)13-18(20)7-10-25(31)29-23-9-6-19(21-16-27-28-17-21)14-24(23)33-12-11-30(2)3/h5-6,8-9,13-14,16-17,26H,7,10-12,15H2,1-4H3,(H,27,28)(H,29,31). The number of carbonyl (C=O) groups is 1. The van der Waals surface area contributed by atoms with Crippen LogP contribution in [0.5, 0.6) is 11.5 Å². The van der Waals surface area contributed by atoms with Gasteiger partial charge < -0.3 is 25.0 Å². The van der Waals surface area contributed by atoms with E-state index in [1.807, 2.05) is 63.7 Å². The van der Waals surface area contributed by atoms with E-state index in [2.05, 4.69) is 25.7 Å². The molecule has 1 heterocycles. The molecule has 0 radical (unpaired) electrons. The number of benzene rings is 2. The Bertz CT molecular complexity index is 1030. The van der Waals surface area contributed by atoms with Gasteiger partial charge in [-0.25, -0.2) is 0 Å². The monoisotopic (exact) mass is 451 g/mol. The van der Waals surface area contributed by atoms with Crippen LogP contribution >= 0.6 is 0 Å². The lowest BCUT2D eigenvalue weighted by Crippen LogP contribution is -2.20. The molecule has 0 aliphatic heterocycles. The SMILES string of the molecule is CNCc1ccc(OC)cc1CCC(=O)Nc1ccc(-c2cn[nH]c2)cc1OCCN(C)C. The molecule has 0 unspecified atom stereocenters. The zero-order valence-electron chi connectivity index (χ0n) is 19.8. The third-order valence-electron chi connectivity index (χ3n) is 5.29. The van der Waals surface area contributed by atoms with Gasteiger partial charge in [-0.15, -0.1) is 0 Å². The number of carbonyl (C=O) groups excluding carboxylic acids is 1. The summed E-state index contributed by atoms with van der Waals surface area (Å²) in [4.78, 5) is 14.9. The Morgan fingerprint density at radius 1 is 1.12 bits per heavy atom. The van der Waals surface area contributed by atoms with Crippen molar-refractivity contribution in [1.29, 1.82) is 0 Å². The van der Waals surface area contributed by atoms with E-state index in [9.17, 15) is 4.79 Å². The Labute approximate surface area is 195 Å². The van der Waals surface area contributed by atoms with E-state index in [0.29, 0.717) is 30.9 Å². The molecule has 3 aromatic rings. The highest BCUT2D eigenvalue weighted by Crippen LogP contribution is 2.31. The summed E-state index contributed by atoms with van der Waals surface area (Å²) in [6.07, 6.45) is 4.55. The molecule has 0 aliphatic carbocycles. The topological polar surface area (TPSA) is 91.5 Å². The number of anilines is 1. The molecule has 8 heteroatoms. The van der Waals surface area contributed by atoms with Crippen LogP contribution in [0.25, 0.3) is 11.1 Å². The molecule has 1 amide bonds. The molecule has 0 saturated carbocycles. The van der Waals surface area contributed by atoms with Gasteiger partial charge in [0, 0.05) is 31.3 Å². The Morgan fingerprint density at radius 3 is 2.67 bits per heavy atom.